The molecule has 0 aliphatic carbocycles. The fraction of sp³-hybridized carbons (Fsp3) is 0.381. The maximum atomic E-state index is 14.0. The maximum absolute atomic E-state index is 14.0. The minimum atomic E-state index is -3.20. The number of rotatable bonds is 7. The third-order valence-corrected chi connectivity index (χ3v) is 7.10. The molecule has 0 bridgehead atoms. The zero-order valence-electron chi connectivity index (χ0n) is 16.1. The Hall–Kier alpha value is -2.12. The molecule has 29 heavy (non-hydrogen) atoms. The van der Waals surface area contributed by atoms with Crippen molar-refractivity contribution in [3.8, 4) is 5.75 Å². The fourth-order valence-corrected chi connectivity index (χ4v) is 5.33. The number of carbonyl (C=O) groups excluding carboxylic acids is 1. The first-order valence-corrected chi connectivity index (χ1v) is 11.7. The monoisotopic (exact) mass is 439 g/mol. The van der Waals surface area contributed by atoms with Crippen LogP contribution in [0.25, 0.3) is 0 Å². The first-order chi connectivity index (χ1) is 13.8. The van der Waals surface area contributed by atoms with Crippen molar-refractivity contribution in [3.63, 3.8) is 0 Å². The predicted octanol–water partition coefficient (Wildman–Crippen LogP) is 3.85. The molecule has 3 rings (SSSR count). The number of ether oxygens (including phenoxy) is 1. The number of nitrogens with zero attached hydrogens (tertiary/aromatic N) is 1. The van der Waals surface area contributed by atoms with E-state index in [9.17, 15) is 17.6 Å². The lowest BCUT2D eigenvalue weighted by Gasteiger charge is -2.32. The van der Waals surface area contributed by atoms with Crippen LogP contribution < -0.4 is 4.74 Å². The van der Waals surface area contributed by atoms with Gasteiger partial charge in [0.05, 0.1) is 11.5 Å². The predicted molar refractivity (Wildman–Crippen MR) is 110 cm³/mol. The smallest absolute Gasteiger partial charge is 0.264 e. The lowest BCUT2D eigenvalue weighted by Crippen LogP contribution is -2.47. The Morgan fingerprint density at radius 2 is 1.93 bits per heavy atom. The Kier molecular flexibility index (Phi) is 6.80. The molecule has 1 saturated heterocycles. The van der Waals surface area contributed by atoms with E-state index in [1.165, 1.54) is 23.1 Å². The summed E-state index contributed by atoms with van der Waals surface area (Å²) >= 11 is 6.26. The van der Waals surface area contributed by atoms with Gasteiger partial charge in [0.1, 0.15) is 0 Å². The molecule has 0 aromatic heterocycles. The van der Waals surface area contributed by atoms with Crippen LogP contribution in [0.2, 0.25) is 5.02 Å². The molecule has 0 spiro atoms. The summed E-state index contributed by atoms with van der Waals surface area (Å²) in [4.78, 5) is 14.9. The summed E-state index contributed by atoms with van der Waals surface area (Å²) in [5, 5.41) is 0.495. The van der Waals surface area contributed by atoms with E-state index in [-0.39, 0.29) is 29.7 Å². The number of hydrogen-bond acceptors (Lipinski definition) is 4. The molecule has 1 heterocycles. The van der Waals surface area contributed by atoms with E-state index in [2.05, 4.69) is 0 Å². The van der Waals surface area contributed by atoms with Crippen LogP contribution in [0.4, 0.5) is 4.39 Å². The average Bonchev–Trinajstić information content (AvgIpc) is 3.05. The summed E-state index contributed by atoms with van der Waals surface area (Å²) in [5.41, 5.74) is 0.715. The van der Waals surface area contributed by atoms with Gasteiger partial charge in [-0.2, -0.15) is 0 Å². The van der Waals surface area contributed by atoms with Crippen LogP contribution >= 0.6 is 11.6 Å². The van der Waals surface area contributed by atoms with Gasteiger partial charge in [0.2, 0.25) is 0 Å². The highest BCUT2D eigenvalue weighted by molar-refractivity contribution is 7.91. The Bertz CT molecular complexity index is 982. The van der Waals surface area contributed by atoms with Gasteiger partial charge < -0.3 is 9.64 Å². The number of sulfone groups is 1. The topological polar surface area (TPSA) is 63.7 Å². The van der Waals surface area contributed by atoms with Crippen molar-refractivity contribution in [1.82, 2.24) is 4.90 Å². The second-order valence-corrected chi connectivity index (χ2v) is 9.70. The molecule has 1 aliphatic heterocycles. The summed E-state index contributed by atoms with van der Waals surface area (Å²) in [5.74, 6) is -1.00. The Labute approximate surface area is 175 Å². The number of hydrogen-bond donors (Lipinski definition) is 0. The van der Waals surface area contributed by atoms with E-state index in [0.29, 0.717) is 23.4 Å². The van der Waals surface area contributed by atoms with Crippen LogP contribution in [0.1, 0.15) is 25.3 Å². The minimum Gasteiger partial charge on any atom is -0.478 e. The van der Waals surface area contributed by atoms with Crippen molar-refractivity contribution in [3.05, 3.63) is 64.9 Å². The fourth-order valence-electron chi connectivity index (χ4n) is 3.41. The molecule has 8 heteroatoms. The van der Waals surface area contributed by atoms with Gasteiger partial charge in [-0.1, -0.05) is 48.9 Å². The van der Waals surface area contributed by atoms with Crippen LogP contribution in [0.5, 0.6) is 5.75 Å². The lowest BCUT2D eigenvalue weighted by molar-refractivity contribution is -0.141. The third kappa shape index (κ3) is 5.28. The molecule has 5 nitrogen and oxygen atoms in total. The van der Waals surface area contributed by atoms with E-state index in [4.69, 9.17) is 16.3 Å². The SMILES string of the molecule is CCC(Oc1ccccc1F)C(=O)N(Cc1ccccc1Cl)C1CCS(=O)(=O)C1. The molecule has 2 unspecified atom stereocenters. The molecule has 1 aliphatic rings. The zero-order chi connectivity index (χ0) is 21.0. The Morgan fingerprint density at radius 3 is 2.55 bits per heavy atom. The van der Waals surface area contributed by atoms with Crippen molar-refractivity contribution in [2.45, 2.75) is 38.5 Å². The van der Waals surface area contributed by atoms with E-state index in [1.807, 2.05) is 6.07 Å². The van der Waals surface area contributed by atoms with Gasteiger partial charge in [-0.3, -0.25) is 4.79 Å². The van der Waals surface area contributed by atoms with Crippen LogP contribution in [0, 0.1) is 5.82 Å². The summed E-state index contributed by atoms with van der Waals surface area (Å²) < 4.78 is 43.7. The van der Waals surface area contributed by atoms with Gasteiger partial charge in [0, 0.05) is 17.6 Å². The standard InChI is InChI=1S/C21H23ClFNO4S/c1-2-19(28-20-10-6-5-9-18(20)23)21(25)24(16-11-12-29(26,27)14-16)13-15-7-3-4-8-17(15)22/h3-10,16,19H,2,11-14H2,1H3. The highest BCUT2D eigenvalue weighted by Gasteiger charge is 2.37. The van der Waals surface area contributed by atoms with Gasteiger partial charge in [0.15, 0.2) is 27.5 Å². The van der Waals surface area contributed by atoms with E-state index < -0.39 is 27.8 Å². The van der Waals surface area contributed by atoms with E-state index >= 15 is 0 Å². The molecule has 1 fully saturated rings. The highest BCUT2D eigenvalue weighted by atomic mass is 35.5. The highest BCUT2D eigenvalue weighted by Crippen LogP contribution is 2.26. The van der Waals surface area contributed by atoms with E-state index in [0.717, 1.165) is 0 Å². The number of benzene rings is 2. The molecule has 0 radical (unpaired) electrons. The van der Waals surface area contributed by atoms with Gasteiger partial charge in [-0.05, 0) is 36.6 Å². The van der Waals surface area contributed by atoms with Crippen molar-refractivity contribution < 1.29 is 22.3 Å². The lowest BCUT2D eigenvalue weighted by atomic mass is 10.1. The molecular weight excluding hydrogens is 417 g/mol. The van der Waals surface area contributed by atoms with Crippen molar-refractivity contribution in [2.24, 2.45) is 0 Å². The summed E-state index contributed by atoms with van der Waals surface area (Å²) in [6.07, 6.45) is -0.266. The average molecular weight is 440 g/mol. The van der Waals surface area contributed by atoms with Crippen LogP contribution in [0.3, 0.4) is 0 Å². The Morgan fingerprint density at radius 1 is 1.24 bits per heavy atom. The minimum absolute atomic E-state index is 0.00978. The van der Waals surface area contributed by atoms with Crippen LogP contribution in [-0.2, 0) is 21.2 Å². The summed E-state index contributed by atoms with van der Waals surface area (Å²) in [6, 6.07) is 12.5. The normalized spacial score (nSPS) is 18.9. The number of carbonyl (C=O) groups is 1. The van der Waals surface area contributed by atoms with Gasteiger partial charge in [-0.15, -0.1) is 0 Å². The van der Waals surface area contributed by atoms with E-state index in [1.54, 1.807) is 31.2 Å². The van der Waals surface area contributed by atoms with Crippen LogP contribution in [0.15, 0.2) is 48.5 Å². The largest absolute Gasteiger partial charge is 0.478 e. The molecule has 2 aromatic carbocycles. The first kappa shape index (κ1) is 21.6. The molecule has 0 N–H and O–H groups in total. The van der Waals surface area contributed by atoms with Crippen molar-refractivity contribution >= 4 is 27.3 Å². The molecule has 156 valence electrons. The Balaban J connectivity index is 1.88. The third-order valence-electron chi connectivity index (χ3n) is 4.98. The second-order valence-electron chi connectivity index (χ2n) is 7.06. The molecule has 2 atom stereocenters. The van der Waals surface area contributed by atoms with Gasteiger partial charge >= 0.3 is 0 Å². The number of amides is 1. The first-order valence-electron chi connectivity index (χ1n) is 9.46. The van der Waals surface area contributed by atoms with Crippen molar-refractivity contribution in [1.29, 1.82) is 0 Å². The van der Waals surface area contributed by atoms with Gasteiger partial charge in [0.25, 0.3) is 5.91 Å². The number of para-hydroxylation sites is 1. The maximum Gasteiger partial charge on any atom is 0.264 e. The number of halogens is 2. The summed E-state index contributed by atoms with van der Waals surface area (Å²) in [6.45, 7) is 1.93. The molecule has 2 aromatic rings. The van der Waals surface area contributed by atoms with Gasteiger partial charge in [-0.25, -0.2) is 12.8 Å². The second kappa shape index (κ2) is 9.13. The van der Waals surface area contributed by atoms with Crippen molar-refractivity contribution in [2.75, 3.05) is 11.5 Å². The summed E-state index contributed by atoms with van der Waals surface area (Å²) in [7, 11) is -3.20. The quantitative estimate of drug-likeness (QED) is 0.657. The van der Waals surface area contributed by atoms with Crippen LogP contribution in [-0.4, -0.2) is 42.9 Å². The molecule has 1 amide bonds. The molecular formula is C21H23ClFNO4S. The molecule has 0 saturated carbocycles. The zero-order valence-corrected chi connectivity index (χ0v) is 17.6.